The lowest BCUT2D eigenvalue weighted by atomic mass is 9.96. The van der Waals surface area contributed by atoms with E-state index in [0.29, 0.717) is 0 Å². The van der Waals surface area contributed by atoms with Gasteiger partial charge in [0, 0.05) is 0 Å². The van der Waals surface area contributed by atoms with Crippen molar-refractivity contribution in [2.24, 2.45) is 0 Å². The van der Waals surface area contributed by atoms with E-state index in [-0.39, 0.29) is 36.5 Å². The van der Waals surface area contributed by atoms with E-state index in [0.717, 1.165) is 38.5 Å². The third-order valence-electron chi connectivity index (χ3n) is 4.08. The first kappa shape index (κ1) is 21.4. The molecule has 1 N–H and O–H groups in total. The molecule has 1 fully saturated rings. The Morgan fingerprint density at radius 3 is 2.12 bits per heavy atom. The number of ether oxygens (including phenoxy) is 3. The minimum Gasteiger partial charge on any atom is -0.461 e. The first-order valence-corrected chi connectivity index (χ1v) is 9.20. The van der Waals surface area contributed by atoms with Crippen LogP contribution in [0.4, 0.5) is 0 Å². The Balaban J connectivity index is 2.43. The summed E-state index contributed by atoms with van der Waals surface area (Å²) in [4.78, 5) is 12.4. The van der Waals surface area contributed by atoms with Gasteiger partial charge in [0.15, 0.2) is 5.60 Å². The summed E-state index contributed by atoms with van der Waals surface area (Å²) in [5.74, 6) is -0.353. The van der Waals surface area contributed by atoms with Crippen LogP contribution in [-0.2, 0) is 19.0 Å². The Bertz CT molecular complexity index is 376. The maximum atomic E-state index is 12.4. The maximum absolute atomic E-state index is 12.4. The van der Waals surface area contributed by atoms with Gasteiger partial charge in [0.25, 0.3) is 0 Å². The third kappa shape index (κ3) is 8.45. The summed E-state index contributed by atoms with van der Waals surface area (Å²) >= 11 is 0. The van der Waals surface area contributed by atoms with Gasteiger partial charge in [-0.1, -0.05) is 0 Å². The average Bonchev–Trinajstić information content (AvgIpc) is 2.40. The molecule has 1 atom stereocenters. The molecule has 1 saturated carbocycles. The van der Waals surface area contributed by atoms with Gasteiger partial charge in [0.1, 0.15) is 6.61 Å². The maximum Gasteiger partial charge on any atom is 0.337 e. The van der Waals surface area contributed by atoms with Gasteiger partial charge in [0.2, 0.25) is 0 Å². The summed E-state index contributed by atoms with van der Waals surface area (Å²) in [6, 6.07) is 0. The van der Waals surface area contributed by atoms with E-state index in [4.69, 9.17) is 14.2 Å². The zero-order chi connectivity index (χ0) is 18.4. The molecule has 24 heavy (non-hydrogen) atoms. The lowest BCUT2D eigenvalue weighted by molar-refractivity contribution is -0.182. The molecule has 0 radical (unpaired) electrons. The number of esters is 1. The largest absolute Gasteiger partial charge is 0.461 e. The molecular formula is C19H36O5. The van der Waals surface area contributed by atoms with Crippen molar-refractivity contribution in [3.63, 3.8) is 0 Å². The monoisotopic (exact) mass is 344 g/mol. The van der Waals surface area contributed by atoms with Crippen molar-refractivity contribution in [3.8, 4) is 0 Å². The van der Waals surface area contributed by atoms with E-state index in [1.807, 2.05) is 27.7 Å². The second-order valence-electron chi connectivity index (χ2n) is 8.41. The fourth-order valence-electron chi connectivity index (χ4n) is 3.04. The molecule has 1 unspecified atom stereocenters. The van der Waals surface area contributed by atoms with E-state index in [2.05, 4.69) is 0 Å². The van der Waals surface area contributed by atoms with Crippen LogP contribution in [0.2, 0.25) is 0 Å². The number of carbonyl (C=O) groups excluding carboxylic acids is 1. The van der Waals surface area contributed by atoms with Crippen LogP contribution in [0.5, 0.6) is 0 Å². The lowest BCUT2D eigenvalue weighted by Gasteiger charge is -2.31. The minimum atomic E-state index is -0.968. The number of hydrogen-bond donors (Lipinski definition) is 1. The Morgan fingerprint density at radius 1 is 1.08 bits per heavy atom. The van der Waals surface area contributed by atoms with Crippen molar-refractivity contribution in [1.82, 2.24) is 0 Å². The Kier molecular flexibility index (Phi) is 8.16. The molecule has 0 amide bonds. The van der Waals surface area contributed by atoms with E-state index in [9.17, 15) is 9.90 Å². The molecule has 5 nitrogen and oxygen atoms in total. The Hall–Kier alpha value is -0.650. The fraction of sp³-hybridized carbons (Fsp3) is 0.947. The topological polar surface area (TPSA) is 65.0 Å². The first-order valence-electron chi connectivity index (χ1n) is 9.20. The van der Waals surface area contributed by atoms with Gasteiger partial charge in [0.05, 0.1) is 23.9 Å². The van der Waals surface area contributed by atoms with E-state index < -0.39 is 5.60 Å². The van der Waals surface area contributed by atoms with Crippen molar-refractivity contribution in [1.29, 1.82) is 0 Å². The molecule has 0 saturated heterocycles. The highest BCUT2D eigenvalue weighted by atomic mass is 16.6. The number of aliphatic hydroxyl groups excluding tert-OH is 1. The smallest absolute Gasteiger partial charge is 0.337 e. The summed E-state index contributed by atoms with van der Waals surface area (Å²) in [6.07, 6.45) is 4.91. The highest BCUT2D eigenvalue weighted by molar-refractivity contribution is 5.78. The zero-order valence-corrected chi connectivity index (χ0v) is 16.3. The number of rotatable bonds is 6. The third-order valence-corrected chi connectivity index (χ3v) is 4.08. The van der Waals surface area contributed by atoms with Gasteiger partial charge in [-0.05, 0) is 80.1 Å². The standard InChI is InChI=1S/C19H36O5/c1-14(23-18(2,3)4)13-22-17(21)19(5,6)24-16-11-7-9-15(20)10-8-12-16/h14-16,20H,7-13H2,1-6H3. The van der Waals surface area contributed by atoms with Gasteiger partial charge in [-0.15, -0.1) is 0 Å². The van der Waals surface area contributed by atoms with E-state index in [1.165, 1.54) is 0 Å². The van der Waals surface area contributed by atoms with Crippen molar-refractivity contribution >= 4 is 5.97 Å². The predicted octanol–water partition coefficient (Wildman–Crippen LogP) is 3.61. The van der Waals surface area contributed by atoms with Crippen LogP contribution in [-0.4, -0.2) is 47.2 Å². The number of aliphatic hydroxyl groups is 1. The number of carbonyl (C=O) groups is 1. The highest BCUT2D eigenvalue weighted by Crippen LogP contribution is 2.25. The number of hydrogen-bond acceptors (Lipinski definition) is 5. The van der Waals surface area contributed by atoms with Gasteiger partial charge in [-0.25, -0.2) is 4.79 Å². The molecule has 5 heteroatoms. The van der Waals surface area contributed by atoms with Crippen LogP contribution >= 0.6 is 0 Å². The zero-order valence-electron chi connectivity index (χ0n) is 16.3. The van der Waals surface area contributed by atoms with Crippen LogP contribution in [0.1, 0.15) is 80.1 Å². The van der Waals surface area contributed by atoms with Crippen molar-refractivity contribution in [2.45, 2.75) is 110 Å². The van der Waals surface area contributed by atoms with Gasteiger partial charge >= 0.3 is 5.97 Å². The van der Waals surface area contributed by atoms with E-state index >= 15 is 0 Å². The van der Waals surface area contributed by atoms with Crippen LogP contribution in [0.3, 0.4) is 0 Å². The molecule has 0 heterocycles. The highest BCUT2D eigenvalue weighted by Gasteiger charge is 2.34. The summed E-state index contributed by atoms with van der Waals surface area (Å²) in [7, 11) is 0. The molecule has 0 aliphatic heterocycles. The normalized spacial score (nSPS) is 24.8. The van der Waals surface area contributed by atoms with Crippen LogP contribution < -0.4 is 0 Å². The molecule has 1 aliphatic carbocycles. The summed E-state index contributed by atoms with van der Waals surface area (Å²) < 4.78 is 17.2. The molecule has 0 aromatic rings. The van der Waals surface area contributed by atoms with Gasteiger partial charge in [-0.2, -0.15) is 0 Å². The van der Waals surface area contributed by atoms with Gasteiger partial charge in [-0.3, -0.25) is 0 Å². The van der Waals surface area contributed by atoms with Gasteiger partial charge < -0.3 is 19.3 Å². The molecule has 0 aromatic heterocycles. The molecule has 0 spiro atoms. The SMILES string of the molecule is CC(COC(=O)C(C)(C)OC1CCCC(O)CCC1)OC(C)(C)C. The fourth-order valence-corrected chi connectivity index (χ4v) is 3.04. The van der Waals surface area contributed by atoms with Crippen molar-refractivity contribution in [3.05, 3.63) is 0 Å². The van der Waals surface area contributed by atoms with Crippen LogP contribution in [0, 0.1) is 0 Å². The Morgan fingerprint density at radius 2 is 1.62 bits per heavy atom. The molecule has 142 valence electrons. The van der Waals surface area contributed by atoms with Crippen molar-refractivity contribution < 1.29 is 24.1 Å². The van der Waals surface area contributed by atoms with E-state index in [1.54, 1.807) is 13.8 Å². The first-order chi connectivity index (χ1) is 11.0. The van der Waals surface area contributed by atoms with Crippen LogP contribution in [0.25, 0.3) is 0 Å². The average molecular weight is 344 g/mol. The Labute approximate surface area is 147 Å². The van der Waals surface area contributed by atoms with Crippen molar-refractivity contribution in [2.75, 3.05) is 6.61 Å². The molecule has 1 aliphatic rings. The summed E-state index contributed by atoms with van der Waals surface area (Å²) in [5, 5.41) is 9.70. The summed E-state index contributed by atoms with van der Waals surface area (Å²) in [6.45, 7) is 11.6. The summed E-state index contributed by atoms with van der Waals surface area (Å²) in [5.41, 5.74) is -1.23. The molecule has 1 rings (SSSR count). The second-order valence-corrected chi connectivity index (χ2v) is 8.41. The minimum absolute atomic E-state index is 0.0447. The van der Waals surface area contributed by atoms with Crippen LogP contribution in [0.15, 0.2) is 0 Å². The predicted molar refractivity (Wildman–Crippen MR) is 93.9 cm³/mol. The second kappa shape index (κ2) is 9.16. The molecular weight excluding hydrogens is 308 g/mol. The lowest BCUT2D eigenvalue weighted by Crippen LogP contribution is -2.42. The molecule has 0 bridgehead atoms. The molecule has 0 aromatic carbocycles. The quantitative estimate of drug-likeness (QED) is 0.746.